The van der Waals surface area contributed by atoms with Crippen LogP contribution >= 0.6 is 11.8 Å². The number of aryl methyl sites for hydroxylation is 1. The van der Waals surface area contributed by atoms with Gasteiger partial charge in [-0.3, -0.25) is 4.79 Å². The number of aromatic carboxylic acids is 1. The number of methoxy groups -OCH3 is 1. The number of rotatable bonds is 7. The van der Waals surface area contributed by atoms with E-state index in [1.54, 1.807) is 36.4 Å². The summed E-state index contributed by atoms with van der Waals surface area (Å²) in [7, 11) is 1.54. The molecular weight excluding hydrogens is 452 g/mol. The van der Waals surface area contributed by atoms with Gasteiger partial charge in [0.2, 0.25) is 0 Å². The van der Waals surface area contributed by atoms with Crippen LogP contribution in [0.2, 0.25) is 0 Å². The normalized spacial score (nSPS) is 15.4. The molecule has 1 aliphatic heterocycles. The van der Waals surface area contributed by atoms with Crippen LogP contribution < -0.4 is 14.8 Å². The van der Waals surface area contributed by atoms with E-state index in [1.165, 1.54) is 24.9 Å². The highest BCUT2D eigenvalue weighted by Gasteiger charge is 2.24. The van der Waals surface area contributed by atoms with Crippen molar-refractivity contribution in [2.24, 2.45) is 4.99 Å². The number of thioether (sulfide) groups is 1. The Morgan fingerprint density at radius 3 is 2.62 bits per heavy atom. The van der Waals surface area contributed by atoms with Gasteiger partial charge >= 0.3 is 5.97 Å². The Hall–Kier alpha value is -4.04. The molecule has 2 N–H and O–H groups in total. The third-order valence-corrected chi connectivity index (χ3v) is 5.88. The van der Waals surface area contributed by atoms with Gasteiger partial charge in [0.1, 0.15) is 6.61 Å². The molecule has 0 atom stereocenters. The first-order valence-corrected chi connectivity index (χ1v) is 11.2. The first-order chi connectivity index (χ1) is 16.4. The predicted molar refractivity (Wildman–Crippen MR) is 133 cm³/mol. The molecular formula is C26H22N2O5S. The highest BCUT2D eigenvalue weighted by molar-refractivity contribution is 8.18. The first-order valence-electron chi connectivity index (χ1n) is 10.4. The third kappa shape index (κ3) is 5.65. The van der Waals surface area contributed by atoms with Gasteiger partial charge < -0.3 is 19.9 Å². The Kier molecular flexibility index (Phi) is 6.98. The summed E-state index contributed by atoms with van der Waals surface area (Å²) in [5, 5.41) is 12.4. The Morgan fingerprint density at radius 1 is 1.09 bits per heavy atom. The van der Waals surface area contributed by atoms with Gasteiger partial charge in [0, 0.05) is 0 Å². The lowest BCUT2D eigenvalue weighted by Crippen LogP contribution is -2.19. The maximum Gasteiger partial charge on any atom is 0.335 e. The molecule has 7 nitrogen and oxygen atoms in total. The van der Waals surface area contributed by atoms with Crippen molar-refractivity contribution in [1.29, 1.82) is 0 Å². The number of nitrogens with one attached hydrogen (secondary N) is 1. The topological polar surface area (TPSA) is 97.2 Å². The fourth-order valence-corrected chi connectivity index (χ4v) is 4.06. The van der Waals surface area contributed by atoms with E-state index in [0.717, 1.165) is 22.4 Å². The first kappa shape index (κ1) is 23.1. The molecule has 8 heteroatoms. The summed E-state index contributed by atoms with van der Waals surface area (Å²) >= 11 is 1.27. The molecule has 3 aromatic carbocycles. The van der Waals surface area contributed by atoms with E-state index < -0.39 is 5.97 Å². The number of benzene rings is 3. The summed E-state index contributed by atoms with van der Waals surface area (Å²) in [6, 6.07) is 19.7. The highest BCUT2D eigenvalue weighted by atomic mass is 32.2. The van der Waals surface area contributed by atoms with Gasteiger partial charge in [-0.1, -0.05) is 35.9 Å². The van der Waals surface area contributed by atoms with Crippen molar-refractivity contribution in [3.8, 4) is 11.5 Å². The van der Waals surface area contributed by atoms with E-state index in [4.69, 9.17) is 14.6 Å². The van der Waals surface area contributed by atoms with Crippen LogP contribution in [0.3, 0.4) is 0 Å². The summed E-state index contributed by atoms with van der Waals surface area (Å²) in [5.41, 5.74) is 3.61. The quantitative estimate of drug-likeness (QED) is 0.459. The fourth-order valence-electron chi connectivity index (χ4n) is 3.22. The molecule has 1 heterocycles. The summed E-state index contributed by atoms with van der Waals surface area (Å²) in [5.74, 6) is -0.192. The van der Waals surface area contributed by atoms with Crippen LogP contribution in [0.5, 0.6) is 11.5 Å². The number of carbonyl (C=O) groups excluding carboxylic acids is 1. The van der Waals surface area contributed by atoms with Crippen LogP contribution in [-0.4, -0.2) is 29.3 Å². The van der Waals surface area contributed by atoms with E-state index in [2.05, 4.69) is 10.3 Å². The van der Waals surface area contributed by atoms with Crippen molar-refractivity contribution in [3.05, 3.63) is 93.9 Å². The number of carboxylic acids is 1. The van der Waals surface area contributed by atoms with Crippen LogP contribution in [0.25, 0.3) is 6.08 Å². The summed E-state index contributed by atoms with van der Waals surface area (Å²) < 4.78 is 11.3. The average Bonchev–Trinajstić information content (AvgIpc) is 3.18. The molecule has 0 aliphatic carbocycles. The number of nitrogens with zero attached hydrogens (tertiary/aromatic N) is 1. The van der Waals surface area contributed by atoms with Crippen molar-refractivity contribution >= 4 is 40.6 Å². The minimum Gasteiger partial charge on any atom is -0.493 e. The molecule has 3 aromatic rings. The zero-order valence-electron chi connectivity index (χ0n) is 18.6. The molecule has 0 spiro atoms. The van der Waals surface area contributed by atoms with E-state index in [-0.39, 0.29) is 18.1 Å². The predicted octanol–water partition coefficient (Wildman–Crippen LogP) is 5.17. The maximum absolute atomic E-state index is 12.4. The summed E-state index contributed by atoms with van der Waals surface area (Å²) in [6.07, 6.45) is 1.76. The van der Waals surface area contributed by atoms with E-state index in [9.17, 15) is 9.59 Å². The van der Waals surface area contributed by atoms with Gasteiger partial charge in [-0.25, -0.2) is 9.79 Å². The zero-order chi connectivity index (χ0) is 24.1. The minimum absolute atomic E-state index is 0.189. The van der Waals surface area contributed by atoms with Crippen LogP contribution in [0.1, 0.15) is 27.0 Å². The van der Waals surface area contributed by atoms with Gasteiger partial charge in [-0.05, 0) is 72.3 Å². The lowest BCUT2D eigenvalue weighted by Gasteiger charge is -2.12. The summed E-state index contributed by atoms with van der Waals surface area (Å²) in [6.45, 7) is 2.19. The number of hydrogen-bond donors (Lipinski definition) is 2. The second kappa shape index (κ2) is 10.3. The monoisotopic (exact) mass is 474 g/mol. The Morgan fingerprint density at radius 2 is 1.88 bits per heavy atom. The van der Waals surface area contributed by atoms with Crippen molar-refractivity contribution in [2.75, 3.05) is 7.11 Å². The number of carboxylic acid groups (broad SMARTS) is 1. The molecule has 1 aliphatic rings. The zero-order valence-corrected chi connectivity index (χ0v) is 19.4. The molecule has 0 unspecified atom stereocenters. The van der Waals surface area contributed by atoms with Crippen molar-refractivity contribution in [3.63, 3.8) is 0 Å². The maximum atomic E-state index is 12.4. The minimum atomic E-state index is -0.988. The number of carbonyl (C=O) groups is 2. The summed E-state index contributed by atoms with van der Waals surface area (Å²) in [4.78, 5) is 28.6. The smallest absolute Gasteiger partial charge is 0.335 e. The highest BCUT2D eigenvalue weighted by Crippen LogP contribution is 2.32. The van der Waals surface area contributed by atoms with E-state index in [1.807, 2.05) is 37.3 Å². The SMILES string of the molecule is COc1cc(/C=C2\SC(=Nc3ccc(C)cc3)NC2=O)ccc1OCc1cccc(C(=O)O)c1. The number of ether oxygens (including phenoxy) is 2. The lowest BCUT2D eigenvalue weighted by molar-refractivity contribution is -0.115. The Balaban J connectivity index is 1.47. The molecule has 0 bridgehead atoms. The van der Waals surface area contributed by atoms with E-state index in [0.29, 0.717) is 21.6 Å². The Bertz CT molecular complexity index is 1300. The number of amides is 1. The second-order valence-electron chi connectivity index (χ2n) is 7.52. The third-order valence-electron chi connectivity index (χ3n) is 4.97. The molecule has 0 radical (unpaired) electrons. The molecule has 4 rings (SSSR count). The number of amidine groups is 1. The van der Waals surface area contributed by atoms with Crippen molar-refractivity contribution in [1.82, 2.24) is 5.32 Å². The Labute approximate surface area is 201 Å². The van der Waals surface area contributed by atoms with Crippen molar-refractivity contribution in [2.45, 2.75) is 13.5 Å². The molecule has 1 saturated heterocycles. The van der Waals surface area contributed by atoms with Crippen LogP contribution in [0.15, 0.2) is 76.6 Å². The van der Waals surface area contributed by atoms with Crippen LogP contribution in [-0.2, 0) is 11.4 Å². The van der Waals surface area contributed by atoms with Gasteiger partial charge in [0.25, 0.3) is 5.91 Å². The second-order valence-corrected chi connectivity index (χ2v) is 8.55. The van der Waals surface area contributed by atoms with Gasteiger partial charge in [-0.2, -0.15) is 0 Å². The molecule has 172 valence electrons. The van der Waals surface area contributed by atoms with Gasteiger partial charge in [0.05, 0.1) is 23.3 Å². The average molecular weight is 475 g/mol. The van der Waals surface area contributed by atoms with Crippen molar-refractivity contribution < 1.29 is 24.2 Å². The largest absolute Gasteiger partial charge is 0.493 e. The standard InChI is InChI=1S/C26H22N2O5S/c1-16-6-9-20(10-7-16)27-26-28-24(29)23(34-26)14-17-8-11-21(22(13-17)32-2)33-15-18-4-3-5-19(12-18)25(30)31/h3-14H,15H2,1-2H3,(H,30,31)(H,27,28,29)/b23-14-. The molecule has 0 aromatic heterocycles. The van der Waals surface area contributed by atoms with E-state index >= 15 is 0 Å². The number of aliphatic imine (C=N–C) groups is 1. The molecule has 1 amide bonds. The molecule has 34 heavy (non-hydrogen) atoms. The lowest BCUT2D eigenvalue weighted by atomic mass is 10.1. The molecule has 1 fully saturated rings. The fraction of sp³-hybridized carbons (Fsp3) is 0.115. The van der Waals surface area contributed by atoms with Crippen LogP contribution in [0, 0.1) is 6.92 Å². The van der Waals surface area contributed by atoms with Crippen LogP contribution in [0.4, 0.5) is 5.69 Å². The van der Waals surface area contributed by atoms with Gasteiger partial charge in [-0.15, -0.1) is 0 Å². The number of hydrogen-bond acceptors (Lipinski definition) is 6. The molecule has 0 saturated carbocycles. The van der Waals surface area contributed by atoms with Gasteiger partial charge in [0.15, 0.2) is 16.7 Å².